The molecule has 1 aliphatic carbocycles. The Morgan fingerprint density at radius 2 is 2.30 bits per heavy atom. The van der Waals surface area contributed by atoms with Crippen LogP contribution in [0.1, 0.15) is 33.1 Å². The van der Waals surface area contributed by atoms with Crippen molar-refractivity contribution in [1.82, 2.24) is 0 Å². The molecular weight excluding hydrogens is 124 g/mol. The maximum absolute atomic E-state index is 8.85. The minimum absolute atomic E-state index is 0.253. The highest BCUT2D eigenvalue weighted by atomic mass is 16.3. The van der Waals surface area contributed by atoms with Crippen LogP contribution >= 0.6 is 0 Å². The van der Waals surface area contributed by atoms with Crippen molar-refractivity contribution in [2.75, 3.05) is 6.61 Å². The predicted octanol–water partition coefficient (Wildman–Crippen LogP) is 2.12. The highest BCUT2D eigenvalue weighted by molar-refractivity contribution is 5.08. The molecule has 0 saturated heterocycles. The van der Waals surface area contributed by atoms with Gasteiger partial charge in [-0.3, -0.25) is 0 Å². The van der Waals surface area contributed by atoms with Gasteiger partial charge in [0.2, 0.25) is 0 Å². The first-order valence-electron chi connectivity index (χ1n) is 3.93. The van der Waals surface area contributed by atoms with Crippen molar-refractivity contribution in [2.45, 2.75) is 33.1 Å². The van der Waals surface area contributed by atoms with Gasteiger partial charge in [0.1, 0.15) is 0 Å². The van der Waals surface area contributed by atoms with Crippen LogP contribution in [-0.4, -0.2) is 11.7 Å². The maximum atomic E-state index is 8.85. The molecule has 0 aliphatic heterocycles. The van der Waals surface area contributed by atoms with Gasteiger partial charge in [-0.15, -0.1) is 0 Å². The summed E-state index contributed by atoms with van der Waals surface area (Å²) in [4.78, 5) is 0. The Morgan fingerprint density at radius 3 is 2.70 bits per heavy atom. The Bertz CT molecular complexity index is 145. The molecule has 1 aliphatic rings. The van der Waals surface area contributed by atoms with Gasteiger partial charge in [0.15, 0.2) is 0 Å². The molecule has 0 saturated carbocycles. The summed E-state index contributed by atoms with van der Waals surface area (Å²) in [6.07, 6.45) is 5.65. The van der Waals surface area contributed by atoms with Gasteiger partial charge in [-0.05, 0) is 30.3 Å². The zero-order valence-corrected chi connectivity index (χ0v) is 6.85. The number of allylic oxidation sites excluding steroid dienone is 1. The van der Waals surface area contributed by atoms with E-state index in [2.05, 4.69) is 19.9 Å². The lowest BCUT2D eigenvalue weighted by Gasteiger charge is -2.28. The van der Waals surface area contributed by atoms with Crippen molar-refractivity contribution in [3.63, 3.8) is 0 Å². The van der Waals surface area contributed by atoms with Crippen molar-refractivity contribution < 1.29 is 5.11 Å². The molecule has 1 rings (SSSR count). The van der Waals surface area contributed by atoms with E-state index in [0.717, 1.165) is 12.8 Å². The van der Waals surface area contributed by atoms with E-state index in [1.165, 1.54) is 12.0 Å². The van der Waals surface area contributed by atoms with Gasteiger partial charge < -0.3 is 5.11 Å². The van der Waals surface area contributed by atoms with Gasteiger partial charge in [-0.1, -0.05) is 19.9 Å². The third kappa shape index (κ3) is 1.84. The molecule has 0 heterocycles. The fourth-order valence-electron chi connectivity index (χ4n) is 1.56. The van der Waals surface area contributed by atoms with Gasteiger partial charge in [0.25, 0.3) is 0 Å². The molecule has 0 atom stereocenters. The van der Waals surface area contributed by atoms with E-state index in [0.29, 0.717) is 5.41 Å². The second-order valence-corrected chi connectivity index (χ2v) is 3.90. The van der Waals surface area contributed by atoms with E-state index < -0.39 is 0 Å². The fourth-order valence-corrected chi connectivity index (χ4v) is 1.56. The molecule has 0 amide bonds. The van der Waals surface area contributed by atoms with Crippen LogP contribution in [0.3, 0.4) is 0 Å². The molecule has 0 bridgehead atoms. The fraction of sp³-hybridized carbons (Fsp3) is 0.778. The Morgan fingerprint density at radius 1 is 1.60 bits per heavy atom. The van der Waals surface area contributed by atoms with E-state index in [4.69, 9.17) is 5.11 Å². The summed E-state index contributed by atoms with van der Waals surface area (Å²) in [7, 11) is 0. The third-order valence-corrected chi connectivity index (χ3v) is 2.16. The number of aliphatic hydroxyl groups is 1. The quantitative estimate of drug-likeness (QED) is 0.553. The normalized spacial score (nSPS) is 24.1. The minimum atomic E-state index is 0.253. The third-order valence-electron chi connectivity index (χ3n) is 2.16. The van der Waals surface area contributed by atoms with Crippen molar-refractivity contribution in [3.05, 3.63) is 11.6 Å². The first kappa shape index (κ1) is 7.80. The summed E-state index contributed by atoms with van der Waals surface area (Å²) >= 11 is 0. The standard InChI is InChI=1S/C9H16O/c1-9(2)5-3-4-8(6-9)7-10/h4,10H,3,5-7H2,1-2H3. The molecule has 0 spiro atoms. The van der Waals surface area contributed by atoms with Gasteiger partial charge >= 0.3 is 0 Å². The molecular formula is C9H16O. The lowest BCUT2D eigenvalue weighted by Crippen LogP contribution is -2.16. The summed E-state index contributed by atoms with van der Waals surface area (Å²) in [5.41, 5.74) is 1.64. The molecule has 0 aromatic rings. The zero-order valence-electron chi connectivity index (χ0n) is 6.85. The van der Waals surface area contributed by atoms with E-state index in [1.54, 1.807) is 0 Å². The molecule has 0 aromatic carbocycles. The van der Waals surface area contributed by atoms with E-state index in [1.807, 2.05) is 0 Å². The highest BCUT2D eigenvalue weighted by Crippen LogP contribution is 2.34. The van der Waals surface area contributed by atoms with Crippen LogP contribution in [0.5, 0.6) is 0 Å². The van der Waals surface area contributed by atoms with Crippen molar-refractivity contribution in [3.8, 4) is 0 Å². The van der Waals surface area contributed by atoms with E-state index in [-0.39, 0.29) is 6.61 Å². The van der Waals surface area contributed by atoms with E-state index >= 15 is 0 Å². The molecule has 0 fully saturated rings. The summed E-state index contributed by atoms with van der Waals surface area (Å²) in [6, 6.07) is 0. The van der Waals surface area contributed by atoms with Gasteiger partial charge in [-0.2, -0.15) is 0 Å². The summed E-state index contributed by atoms with van der Waals surface area (Å²) in [5, 5.41) is 8.85. The lowest BCUT2D eigenvalue weighted by atomic mass is 9.77. The SMILES string of the molecule is CC1(C)CCC=C(CO)C1. The molecule has 0 radical (unpaired) electrons. The largest absolute Gasteiger partial charge is 0.392 e. The van der Waals surface area contributed by atoms with Crippen LogP contribution in [0.2, 0.25) is 0 Å². The highest BCUT2D eigenvalue weighted by Gasteiger charge is 2.21. The zero-order chi connectivity index (χ0) is 7.61. The minimum Gasteiger partial charge on any atom is -0.392 e. The Labute approximate surface area is 62.8 Å². The smallest absolute Gasteiger partial charge is 0.0641 e. The average Bonchev–Trinajstić information content (AvgIpc) is 1.86. The first-order valence-corrected chi connectivity index (χ1v) is 3.93. The molecule has 0 unspecified atom stereocenters. The van der Waals surface area contributed by atoms with Crippen molar-refractivity contribution in [1.29, 1.82) is 0 Å². The summed E-state index contributed by atoms with van der Waals surface area (Å²) < 4.78 is 0. The van der Waals surface area contributed by atoms with E-state index in [9.17, 15) is 0 Å². The molecule has 1 N–H and O–H groups in total. The number of hydrogen-bond donors (Lipinski definition) is 1. The molecule has 0 aromatic heterocycles. The predicted molar refractivity (Wildman–Crippen MR) is 42.8 cm³/mol. The lowest BCUT2D eigenvalue weighted by molar-refractivity contribution is 0.271. The second-order valence-electron chi connectivity index (χ2n) is 3.90. The molecule has 1 nitrogen and oxygen atoms in total. The average molecular weight is 140 g/mol. The topological polar surface area (TPSA) is 20.2 Å². The van der Waals surface area contributed by atoms with Crippen LogP contribution in [-0.2, 0) is 0 Å². The van der Waals surface area contributed by atoms with Crippen LogP contribution in [0.15, 0.2) is 11.6 Å². The van der Waals surface area contributed by atoms with Crippen molar-refractivity contribution in [2.24, 2.45) is 5.41 Å². The molecule has 1 heteroatoms. The summed E-state index contributed by atoms with van der Waals surface area (Å²) in [6.45, 7) is 4.77. The molecule has 10 heavy (non-hydrogen) atoms. The Kier molecular flexibility index (Phi) is 2.14. The van der Waals surface area contributed by atoms with Crippen LogP contribution < -0.4 is 0 Å². The van der Waals surface area contributed by atoms with Crippen LogP contribution in [0.4, 0.5) is 0 Å². The Hall–Kier alpha value is -0.300. The number of aliphatic hydroxyl groups excluding tert-OH is 1. The Balaban J connectivity index is 2.57. The van der Waals surface area contributed by atoms with Crippen LogP contribution in [0, 0.1) is 5.41 Å². The first-order chi connectivity index (χ1) is 4.64. The molecule has 58 valence electrons. The van der Waals surface area contributed by atoms with Gasteiger partial charge in [0.05, 0.1) is 6.61 Å². The summed E-state index contributed by atoms with van der Waals surface area (Å²) in [5.74, 6) is 0. The maximum Gasteiger partial charge on any atom is 0.0641 e. The monoisotopic (exact) mass is 140 g/mol. The van der Waals surface area contributed by atoms with Gasteiger partial charge in [0, 0.05) is 0 Å². The number of hydrogen-bond acceptors (Lipinski definition) is 1. The van der Waals surface area contributed by atoms with Crippen LogP contribution in [0.25, 0.3) is 0 Å². The van der Waals surface area contributed by atoms with Gasteiger partial charge in [-0.25, -0.2) is 0 Å². The van der Waals surface area contributed by atoms with Crippen molar-refractivity contribution >= 4 is 0 Å². The number of rotatable bonds is 1. The second kappa shape index (κ2) is 2.75.